The fourth-order valence-electron chi connectivity index (χ4n) is 3.35. The number of aromatic amines is 1. The number of benzene rings is 2. The molecule has 0 saturated carbocycles. The summed E-state index contributed by atoms with van der Waals surface area (Å²) in [6.45, 7) is 0.751. The first-order valence-electron chi connectivity index (χ1n) is 10.9. The van der Waals surface area contributed by atoms with Gasteiger partial charge in [0.2, 0.25) is 11.8 Å². The molecule has 0 radical (unpaired) electrons. The Labute approximate surface area is 207 Å². The van der Waals surface area contributed by atoms with Gasteiger partial charge in [-0.3, -0.25) is 14.5 Å². The molecule has 1 amide bonds. The van der Waals surface area contributed by atoms with Gasteiger partial charge < -0.3 is 19.5 Å². The molecule has 0 saturated heterocycles. The first kappa shape index (κ1) is 24.0. The minimum absolute atomic E-state index is 0.106. The minimum Gasteiger partial charge on any atom is -0.497 e. The number of aromatic nitrogens is 4. The van der Waals surface area contributed by atoms with Crippen molar-refractivity contribution in [1.82, 2.24) is 25.1 Å². The van der Waals surface area contributed by atoms with E-state index in [4.69, 9.17) is 26.4 Å². The highest BCUT2D eigenvalue weighted by Crippen LogP contribution is 2.24. The Morgan fingerprint density at radius 2 is 1.80 bits per heavy atom. The lowest BCUT2D eigenvalue weighted by Crippen LogP contribution is -2.24. The van der Waals surface area contributed by atoms with E-state index < -0.39 is 0 Å². The molecule has 9 nitrogen and oxygen atoms in total. The number of amides is 1. The molecule has 0 aliphatic carbocycles. The molecule has 4 rings (SSSR count). The van der Waals surface area contributed by atoms with Crippen molar-refractivity contribution in [3.63, 3.8) is 0 Å². The van der Waals surface area contributed by atoms with Crippen LogP contribution in [0.15, 0.2) is 66.9 Å². The van der Waals surface area contributed by atoms with Gasteiger partial charge in [-0.15, -0.1) is 0 Å². The van der Waals surface area contributed by atoms with Crippen LogP contribution in [0.4, 0.5) is 0 Å². The highest BCUT2D eigenvalue weighted by molar-refractivity contribution is 7.71. The Kier molecular flexibility index (Phi) is 7.74. The molecule has 0 bridgehead atoms. The number of methoxy groups -OCH3 is 2. The third-order valence-corrected chi connectivity index (χ3v) is 5.53. The van der Waals surface area contributed by atoms with Crippen molar-refractivity contribution < 1.29 is 19.0 Å². The zero-order valence-corrected chi connectivity index (χ0v) is 20.2. The number of pyridine rings is 1. The van der Waals surface area contributed by atoms with Crippen molar-refractivity contribution in [3.05, 3.63) is 77.2 Å². The minimum atomic E-state index is -0.106. The maximum Gasteiger partial charge on any atom is 0.222 e. The van der Waals surface area contributed by atoms with E-state index in [0.717, 1.165) is 16.9 Å². The molecule has 0 spiro atoms. The predicted octanol–water partition coefficient (Wildman–Crippen LogP) is 4.52. The molecule has 2 aromatic heterocycles. The highest BCUT2D eigenvalue weighted by atomic mass is 32.1. The lowest BCUT2D eigenvalue weighted by atomic mass is 10.2. The summed E-state index contributed by atoms with van der Waals surface area (Å²) in [5.74, 6) is 3.10. The molecule has 10 heteroatoms. The van der Waals surface area contributed by atoms with Crippen LogP contribution in [0.3, 0.4) is 0 Å². The van der Waals surface area contributed by atoms with E-state index in [1.54, 1.807) is 32.5 Å². The Balaban J connectivity index is 1.30. The summed E-state index contributed by atoms with van der Waals surface area (Å²) in [6.07, 6.45) is 1.92. The second-order valence-electron chi connectivity index (χ2n) is 7.54. The molecule has 4 aromatic rings. The Morgan fingerprint density at radius 3 is 2.51 bits per heavy atom. The van der Waals surface area contributed by atoms with Crippen molar-refractivity contribution >= 4 is 18.1 Å². The fourth-order valence-corrected chi connectivity index (χ4v) is 3.57. The second-order valence-corrected chi connectivity index (χ2v) is 7.93. The van der Waals surface area contributed by atoms with Crippen molar-refractivity contribution in [1.29, 1.82) is 0 Å². The molecule has 0 atom stereocenters. The van der Waals surface area contributed by atoms with Gasteiger partial charge in [-0.1, -0.05) is 12.1 Å². The molecular formula is C25H25N5O4S. The molecule has 2 heterocycles. The van der Waals surface area contributed by atoms with Gasteiger partial charge in [-0.25, -0.2) is 4.98 Å². The van der Waals surface area contributed by atoms with Crippen LogP contribution in [-0.4, -0.2) is 39.9 Å². The number of nitrogens with one attached hydrogen (secondary N) is 2. The number of rotatable bonds is 10. The normalized spacial score (nSPS) is 10.6. The van der Waals surface area contributed by atoms with E-state index in [1.807, 2.05) is 53.1 Å². The summed E-state index contributed by atoms with van der Waals surface area (Å²) in [5.41, 5.74) is 1.73. The van der Waals surface area contributed by atoms with Crippen LogP contribution in [0.2, 0.25) is 0 Å². The Bertz CT molecular complexity index is 1330. The van der Waals surface area contributed by atoms with Gasteiger partial charge in [-0.05, 0) is 54.2 Å². The molecule has 35 heavy (non-hydrogen) atoms. The number of hydrogen-bond donors (Lipinski definition) is 2. The van der Waals surface area contributed by atoms with Crippen LogP contribution in [-0.2, 0) is 17.9 Å². The lowest BCUT2D eigenvalue weighted by Gasteiger charge is -2.09. The highest BCUT2D eigenvalue weighted by Gasteiger charge is 2.11. The maximum atomic E-state index is 12.5. The summed E-state index contributed by atoms with van der Waals surface area (Å²) in [4.78, 5) is 16.8. The van der Waals surface area contributed by atoms with Gasteiger partial charge in [-0.2, -0.15) is 5.10 Å². The van der Waals surface area contributed by atoms with Gasteiger partial charge in [0.25, 0.3) is 0 Å². The number of nitrogens with zero attached hydrogens (tertiary/aromatic N) is 3. The van der Waals surface area contributed by atoms with Crippen LogP contribution in [0, 0.1) is 4.77 Å². The van der Waals surface area contributed by atoms with E-state index in [-0.39, 0.29) is 12.3 Å². The van der Waals surface area contributed by atoms with E-state index >= 15 is 0 Å². The van der Waals surface area contributed by atoms with Crippen molar-refractivity contribution in [2.24, 2.45) is 0 Å². The fraction of sp³-hybridized carbons (Fsp3) is 0.200. The smallest absolute Gasteiger partial charge is 0.222 e. The van der Waals surface area contributed by atoms with E-state index in [2.05, 4.69) is 20.5 Å². The predicted molar refractivity (Wildman–Crippen MR) is 133 cm³/mol. The quantitative estimate of drug-likeness (QED) is 0.314. The average molecular weight is 492 g/mol. The zero-order valence-electron chi connectivity index (χ0n) is 19.4. The monoisotopic (exact) mass is 491 g/mol. The molecule has 0 aliphatic heterocycles. The number of hydrogen-bond acceptors (Lipinski definition) is 7. The molecule has 2 N–H and O–H groups in total. The van der Waals surface area contributed by atoms with Crippen LogP contribution in [0.5, 0.6) is 23.1 Å². The Morgan fingerprint density at radius 1 is 1.03 bits per heavy atom. The number of carbonyl (C=O) groups is 1. The topological polar surface area (TPSA) is 103 Å². The third kappa shape index (κ3) is 6.24. The van der Waals surface area contributed by atoms with Crippen LogP contribution >= 0.6 is 12.2 Å². The maximum absolute atomic E-state index is 12.5. The summed E-state index contributed by atoms with van der Waals surface area (Å²) < 4.78 is 18.4. The zero-order chi connectivity index (χ0) is 24.6. The Hall–Kier alpha value is -4.18. The van der Waals surface area contributed by atoms with Crippen molar-refractivity contribution in [2.45, 2.75) is 19.5 Å². The first-order chi connectivity index (χ1) is 17.1. The SMILES string of the molecule is COc1ccc(-c2n[nH]c(=S)n2CCC(=O)NCc2ccc(Oc3cccc(OC)c3)nc2)cc1. The van der Waals surface area contributed by atoms with Gasteiger partial charge in [0, 0.05) is 43.4 Å². The average Bonchev–Trinajstić information content (AvgIpc) is 3.27. The van der Waals surface area contributed by atoms with Gasteiger partial charge >= 0.3 is 0 Å². The van der Waals surface area contributed by atoms with Gasteiger partial charge in [0.1, 0.15) is 17.2 Å². The molecule has 0 aliphatic rings. The van der Waals surface area contributed by atoms with Gasteiger partial charge in [0.15, 0.2) is 10.6 Å². The molecule has 2 aromatic carbocycles. The number of carbonyl (C=O) groups excluding carboxylic acids is 1. The van der Waals surface area contributed by atoms with E-state index in [9.17, 15) is 4.79 Å². The molecule has 0 unspecified atom stereocenters. The summed E-state index contributed by atoms with van der Waals surface area (Å²) in [5, 5.41) is 10.0. The second kappa shape index (κ2) is 11.3. The summed E-state index contributed by atoms with van der Waals surface area (Å²) >= 11 is 5.35. The molecule has 0 fully saturated rings. The van der Waals surface area contributed by atoms with E-state index in [0.29, 0.717) is 41.1 Å². The third-order valence-electron chi connectivity index (χ3n) is 5.22. The number of H-pyrrole nitrogens is 1. The standard InChI is InChI=1S/C25H25N5O4S/c1-32-19-9-7-18(8-10-19)24-28-29-25(35)30(24)13-12-22(31)26-15-17-6-11-23(27-16-17)34-21-5-3-4-20(14-21)33-2/h3-11,14,16H,12-13,15H2,1-2H3,(H,26,31)(H,29,35). The van der Waals surface area contributed by atoms with E-state index in [1.165, 1.54) is 0 Å². The van der Waals surface area contributed by atoms with Crippen LogP contribution < -0.4 is 19.5 Å². The summed E-state index contributed by atoms with van der Waals surface area (Å²) in [7, 11) is 3.22. The summed E-state index contributed by atoms with van der Waals surface area (Å²) in [6, 6.07) is 18.4. The first-order valence-corrected chi connectivity index (χ1v) is 11.3. The van der Waals surface area contributed by atoms with Crippen molar-refractivity contribution in [2.75, 3.05) is 14.2 Å². The van der Waals surface area contributed by atoms with Crippen LogP contribution in [0.25, 0.3) is 11.4 Å². The van der Waals surface area contributed by atoms with Gasteiger partial charge in [0.05, 0.1) is 14.2 Å². The number of ether oxygens (including phenoxy) is 3. The lowest BCUT2D eigenvalue weighted by molar-refractivity contribution is -0.121. The molecular weight excluding hydrogens is 466 g/mol. The van der Waals surface area contributed by atoms with Crippen molar-refractivity contribution in [3.8, 4) is 34.5 Å². The van der Waals surface area contributed by atoms with Crippen LogP contribution in [0.1, 0.15) is 12.0 Å². The molecule has 180 valence electrons. The largest absolute Gasteiger partial charge is 0.497 e.